The second-order valence-electron chi connectivity index (χ2n) is 2.36. The molecule has 0 radical (unpaired) electrons. The van der Waals surface area contributed by atoms with Gasteiger partial charge in [0.1, 0.15) is 6.26 Å². The second-order valence-corrected chi connectivity index (χ2v) is 2.36. The van der Waals surface area contributed by atoms with Crippen molar-refractivity contribution < 1.29 is 9.15 Å². The quantitative estimate of drug-likeness (QED) is 0.524. The van der Waals surface area contributed by atoms with Gasteiger partial charge in [0.15, 0.2) is 5.60 Å². The SMILES string of the molecule is CC1(c2ncco2)CO1. The maximum atomic E-state index is 5.08. The highest BCUT2D eigenvalue weighted by atomic mass is 16.6. The minimum absolute atomic E-state index is 0.205. The standard InChI is InChI=1S/C6H7NO2/c1-6(4-9-6)5-7-2-3-8-5/h2-3H,4H2,1H3. The minimum Gasteiger partial charge on any atom is -0.446 e. The van der Waals surface area contributed by atoms with Crippen molar-refractivity contribution in [2.75, 3.05) is 6.61 Å². The molecule has 2 heterocycles. The van der Waals surface area contributed by atoms with Crippen LogP contribution in [0.1, 0.15) is 12.8 Å². The zero-order valence-corrected chi connectivity index (χ0v) is 5.13. The largest absolute Gasteiger partial charge is 0.446 e. The maximum absolute atomic E-state index is 5.08. The first-order chi connectivity index (χ1) is 4.31. The van der Waals surface area contributed by atoms with E-state index in [4.69, 9.17) is 9.15 Å². The molecule has 3 nitrogen and oxygen atoms in total. The number of hydrogen-bond acceptors (Lipinski definition) is 3. The molecule has 1 aliphatic heterocycles. The van der Waals surface area contributed by atoms with Crippen molar-refractivity contribution in [3.63, 3.8) is 0 Å². The van der Waals surface area contributed by atoms with Gasteiger partial charge in [-0.15, -0.1) is 0 Å². The molecule has 0 saturated carbocycles. The lowest BCUT2D eigenvalue weighted by Crippen LogP contribution is -2.01. The Morgan fingerprint density at radius 3 is 3.00 bits per heavy atom. The topological polar surface area (TPSA) is 38.6 Å². The highest BCUT2D eigenvalue weighted by molar-refractivity contribution is 5.03. The van der Waals surface area contributed by atoms with E-state index < -0.39 is 0 Å². The molecular weight excluding hydrogens is 118 g/mol. The number of oxazole rings is 1. The summed E-state index contributed by atoms with van der Waals surface area (Å²) < 4.78 is 10.1. The van der Waals surface area contributed by atoms with Crippen LogP contribution in [0.3, 0.4) is 0 Å². The third-order valence-corrected chi connectivity index (χ3v) is 1.46. The molecule has 1 saturated heterocycles. The number of epoxide rings is 1. The van der Waals surface area contributed by atoms with Gasteiger partial charge in [-0.25, -0.2) is 4.98 Å². The highest BCUT2D eigenvalue weighted by Crippen LogP contribution is 2.36. The molecule has 0 bridgehead atoms. The first-order valence-corrected chi connectivity index (χ1v) is 2.85. The van der Waals surface area contributed by atoms with E-state index >= 15 is 0 Å². The maximum Gasteiger partial charge on any atom is 0.228 e. The van der Waals surface area contributed by atoms with Gasteiger partial charge in [0, 0.05) is 0 Å². The van der Waals surface area contributed by atoms with Gasteiger partial charge < -0.3 is 9.15 Å². The van der Waals surface area contributed by atoms with E-state index in [0.717, 1.165) is 6.61 Å². The summed E-state index contributed by atoms with van der Waals surface area (Å²) in [7, 11) is 0. The molecule has 1 aromatic rings. The molecule has 2 rings (SSSR count). The van der Waals surface area contributed by atoms with Gasteiger partial charge in [-0.3, -0.25) is 0 Å². The van der Waals surface area contributed by atoms with Crippen molar-refractivity contribution in [1.82, 2.24) is 4.98 Å². The first-order valence-electron chi connectivity index (χ1n) is 2.85. The number of aromatic nitrogens is 1. The molecule has 9 heavy (non-hydrogen) atoms. The van der Waals surface area contributed by atoms with Crippen LogP contribution in [-0.4, -0.2) is 11.6 Å². The van der Waals surface area contributed by atoms with Gasteiger partial charge in [-0.1, -0.05) is 0 Å². The Morgan fingerprint density at radius 2 is 2.56 bits per heavy atom. The van der Waals surface area contributed by atoms with Crippen molar-refractivity contribution in [3.8, 4) is 0 Å². The monoisotopic (exact) mass is 125 g/mol. The fourth-order valence-corrected chi connectivity index (χ4v) is 0.716. The van der Waals surface area contributed by atoms with E-state index in [1.54, 1.807) is 12.5 Å². The molecule has 3 heteroatoms. The molecule has 0 spiro atoms. The fraction of sp³-hybridized carbons (Fsp3) is 0.500. The van der Waals surface area contributed by atoms with E-state index in [1.807, 2.05) is 6.92 Å². The van der Waals surface area contributed by atoms with Gasteiger partial charge in [-0.2, -0.15) is 0 Å². The second kappa shape index (κ2) is 1.36. The van der Waals surface area contributed by atoms with Crippen molar-refractivity contribution in [1.29, 1.82) is 0 Å². The highest BCUT2D eigenvalue weighted by Gasteiger charge is 2.45. The van der Waals surface area contributed by atoms with Crippen molar-refractivity contribution in [2.24, 2.45) is 0 Å². The van der Waals surface area contributed by atoms with E-state index in [2.05, 4.69) is 4.98 Å². The Bertz CT molecular complexity index is 201. The summed E-state index contributed by atoms with van der Waals surface area (Å²) in [5.74, 6) is 0.683. The van der Waals surface area contributed by atoms with E-state index in [1.165, 1.54) is 0 Å². The Labute approximate surface area is 52.6 Å². The Morgan fingerprint density at radius 1 is 1.78 bits per heavy atom. The fourth-order valence-electron chi connectivity index (χ4n) is 0.716. The number of nitrogens with zero attached hydrogens (tertiary/aromatic N) is 1. The van der Waals surface area contributed by atoms with Crippen LogP contribution in [0.2, 0.25) is 0 Å². The molecule has 1 unspecified atom stereocenters. The molecule has 0 N–H and O–H groups in total. The van der Waals surface area contributed by atoms with Gasteiger partial charge >= 0.3 is 0 Å². The van der Waals surface area contributed by atoms with Crippen LogP contribution in [0.15, 0.2) is 16.9 Å². The molecule has 1 atom stereocenters. The van der Waals surface area contributed by atoms with E-state index in [0.29, 0.717) is 5.89 Å². The summed E-state index contributed by atoms with van der Waals surface area (Å²) in [6.07, 6.45) is 3.19. The molecule has 1 aromatic heterocycles. The molecule has 0 aromatic carbocycles. The average molecular weight is 125 g/mol. The van der Waals surface area contributed by atoms with E-state index in [9.17, 15) is 0 Å². The predicted molar refractivity (Wildman–Crippen MR) is 29.8 cm³/mol. The van der Waals surface area contributed by atoms with Gasteiger partial charge in [0.25, 0.3) is 0 Å². The number of rotatable bonds is 1. The lowest BCUT2D eigenvalue weighted by molar-refractivity contribution is 0.276. The van der Waals surface area contributed by atoms with Crippen LogP contribution in [-0.2, 0) is 10.3 Å². The summed E-state index contributed by atoms with van der Waals surface area (Å²) in [6.45, 7) is 2.69. The number of hydrogen-bond donors (Lipinski definition) is 0. The zero-order chi connectivity index (χ0) is 6.32. The summed E-state index contributed by atoms with van der Waals surface area (Å²) >= 11 is 0. The Hall–Kier alpha value is -0.830. The molecular formula is C6H7NO2. The Kier molecular flexibility index (Phi) is 0.754. The lowest BCUT2D eigenvalue weighted by Gasteiger charge is -1.93. The summed E-state index contributed by atoms with van der Waals surface area (Å²) in [4.78, 5) is 3.96. The molecule has 0 amide bonds. The van der Waals surface area contributed by atoms with Gasteiger partial charge in [0.05, 0.1) is 12.8 Å². The summed E-state index contributed by atoms with van der Waals surface area (Å²) in [5, 5.41) is 0. The van der Waals surface area contributed by atoms with Crippen LogP contribution < -0.4 is 0 Å². The number of ether oxygens (including phenoxy) is 1. The lowest BCUT2D eigenvalue weighted by atomic mass is 10.2. The predicted octanol–water partition coefficient (Wildman–Crippen LogP) is 0.920. The van der Waals surface area contributed by atoms with E-state index in [-0.39, 0.29) is 5.60 Å². The van der Waals surface area contributed by atoms with Gasteiger partial charge in [0.2, 0.25) is 5.89 Å². The van der Waals surface area contributed by atoms with Gasteiger partial charge in [-0.05, 0) is 6.92 Å². The van der Waals surface area contributed by atoms with Crippen molar-refractivity contribution in [3.05, 3.63) is 18.4 Å². The van der Waals surface area contributed by atoms with Crippen molar-refractivity contribution in [2.45, 2.75) is 12.5 Å². The zero-order valence-electron chi connectivity index (χ0n) is 5.13. The minimum atomic E-state index is -0.205. The van der Waals surface area contributed by atoms with Crippen LogP contribution in [0.4, 0.5) is 0 Å². The van der Waals surface area contributed by atoms with Crippen LogP contribution in [0.25, 0.3) is 0 Å². The smallest absolute Gasteiger partial charge is 0.228 e. The first kappa shape index (κ1) is 4.99. The third kappa shape index (κ3) is 0.650. The molecule has 1 fully saturated rings. The summed E-state index contributed by atoms with van der Waals surface area (Å²) in [6, 6.07) is 0. The molecule has 48 valence electrons. The molecule has 1 aliphatic rings. The van der Waals surface area contributed by atoms with Crippen molar-refractivity contribution >= 4 is 0 Å². The molecule has 0 aliphatic carbocycles. The Balaban J connectivity index is 2.34. The van der Waals surface area contributed by atoms with Crippen LogP contribution in [0, 0.1) is 0 Å². The average Bonchev–Trinajstić information content (AvgIpc) is 2.46. The van der Waals surface area contributed by atoms with Crippen LogP contribution in [0.5, 0.6) is 0 Å². The summed E-state index contributed by atoms with van der Waals surface area (Å²) in [5.41, 5.74) is -0.205. The normalized spacial score (nSPS) is 32.6. The van der Waals surface area contributed by atoms with Crippen LogP contribution >= 0.6 is 0 Å². The third-order valence-electron chi connectivity index (χ3n) is 1.46.